The Morgan fingerprint density at radius 1 is 1.25 bits per heavy atom. The van der Waals surface area contributed by atoms with Gasteiger partial charge in [0.25, 0.3) is 0 Å². The van der Waals surface area contributed by atoms with E-state index in [0.29, 0.717) is 11.8 Å². The zero-order chi connectivity index (χ0) is 11.8. The van der Waals surface area contributed by atoms with Gasteiger partial charge in [0.05, 0.1) is 0 Å². The fourth-order valence-electron chi connectivity index (χ4n) is 2.50. The van der Waals surface area contributed by atoms with Crippen LogP contribution in [0.3, 0.4) is 0 Å². The van der Waals surface area contributed by atoms with E-state index >= 15 is 0 Å². The molecular formula is C13H24BrNO. The first kappa shape index (κ1) is 14.0. The molecule has 1 aliphatic rings. The quantitative estimate of drug-likeness (QED) is 0.685. The fourth-order valence-corrected chi connectivity index (χ4v) is 2.93. The van der Waals surface area contributed by atoms with Crippen LogP contribution in [0.15, 0.2) is 0 Å². The summed E-state index contributed by atoms with van der Waals surface area (Å²) in [5.41, 5.74) is 0. The maximum Gasteiger partial charge on any atom is 0.222 e. The second-order valence-electron chi connectivity index (χ2n) is 4.78. The molecule has 16 heavy (non-hydrogen) atoms. The predicted molar refractivity (Wildman–Crippen MR) is 71.9 cm³/mol. The normalized spacial score (nSPS) is 17.4. The smallest absolute Gasteiger partial charge is 0.222 e. The van der Waals surface area contributed by atoms with Crippen molar-refractivity contribution in [3.8, 4) is 0 Å². The summed E-state index contributed by atoms with van der Waals surface area (Å²) in [6.45, 7) is 3.91. The van der Waals surface area contributed by atoms with E-state index in [2.05, 4.69) is 22.9 Å². The number of nitrogens with zero attached hydrogens (tertiary/aromatic N) is 1. The van der Waals surface area contributed by atoms with Crippen molar-refractivity contribution in [2.75, 3.05) is 18.4 Å². The van der Waals surface area contributed by atoms with E-state index in [1.165, 1.54) is 32.1 Å². The molecule has 3 heteroatoms. The third-order valence-corrected chi connectivity index (χ3v) is 3.74. The van der Waals surface area contributed by atoms with Gasteiger partial charge in [-0.2, -0.15) is 0 Å². The average Bonchev–Trinajstić information content (AvgIpc) is 2.30. The maximum absolute atomic E-state index is 12.1. The molecule has 1 rings (SSSR count). The van der Waals surface area contributed by atoms with Crippen molar-refractivity contribution in [2.24, 2.45) is 5.92 Å². The lowest BCUT2D eigenvalue weighted by atomic mass is 9.86. The molecule has 0 spiro atoms. The number of carbonyl (C=O) groups excluding carboxylic acids is 1. The van der Waals surface area contributed by atoms with E-state index in [9.17, 15) is 4.79 Å². The van der Waals surface area contributed by atoms with Crippen molar-refractivity contribution in [3.05, 3.63) is 0 Å². The molecule has 0 aromatic heterocycles. The number of amides is 1. The van der Waals surface area contributed by atoms with Crippen molar-refractivity contribution in [1.29, 1.82) is 0 Å². The second kappa shape index (κ2) is 8.10. The van der Waals surface area contributed by atoms with E-state index in [1.54, 1.807) is 0 Å². The van der Waals surface area contributed by atoms with Crippen LogP contribution in [0.4, 0.5) is 0 Å². The topological polar surface area (TPSA) is 20.3 Å². The number of rotatable bonds is 6. The Hall–Kier alpha value is -0.0500. The molecule has 0 aromatic carbocycles. The van der Waals surface area contributed by atoms with Crippen LogP contribution in [0.1, 0.15) is 51.9 Å². The Bertz CT molecular complexity index is 196. The Labute approximate surface area is 108 Å². The summed E-state index contributed by atoms with van der Waals surface area (Å²) in [4.78, 5) is 14.1. The highest BCUT2D eigenvalue weighted by Gasteiger charge is 2.20. The lowest BCUT2D eigenvalue weighted by molar-refractivity contribution is -0.132. The molecule has 1 fully saturated rings. The highest BCUT2D eigenvalue weighted by Crippen LogP contribution is 2.26. The second-order valence-corrected chi connectivity index (χ2v) is 5.57. The number of halogens is 1. The minimum atomic E-state index is 0.369. The van der Waals surface area contributed by atoms with Crippen molar-refractivity contribution >= 4 is 21.8 Å². The third-order valence-electron chi connectivity index (χ3n) is 3.39. The lowest BCUT2D eigenvalue weighted by Gasteiger charge is -2.26. The van der Waals surface area contributed by atoms with Crippen LogP contribution in [-0.2, 0) is 4.79 Å². The summed E-state index contributed by atoms with van der Waals surface area (Å²) in [5.74, 6) is 1.03. The summed E-state index contributed by atoms with van der Waals surface area (Å²) in [6.07, 6.45) is 8.38. The molecular weight excluding hydrogens is 266 g/mol. The molecule has 0 unspecified atom stereocenters. The first-order valence-electron chi connectivity index (χ1n) is 6.61. The Kier molecular flexibility index (Phi) is 7.10. The molecule has 0 aliphatic heterocycles. The average molecular weight is 290 g/mol. The van der Waals surface area contributed by atoms with Crippen LogP contribution >= 0.6 is 15.9 Å². The van der Waals surface area contributed by atoms with Crippen molar-refractivity contribution in [1.82, 2.24) is 4.90 Å². The summed E-state index contributed by atoms with van der Waals surface area (Å²) in [6, 6.07) is 0. The summed E-state index contributed by atoms with van der Waals surface area (Å²) >= 11 is 3.42. The van der Waals surface area contributed by atoms with Gasteiger partial charge in [-0.15, -0.1) is 0 Å². The van der Waals surface area contributed by atoms with Gasteiger partial charge in [0.15, 0.2) is 0 Å². The molecule has 0 aromatic rings. The SMILES string of the molecule is CCCN(CCBr)C(=O)CC1CCCCC1. The van der Waals surface area contributed by atoms with Gasteiger partial charge in [-0.3, -0.25) is 4.79 Å². The Morgan fingerprint density at radius 2 is 1.94 bits per heavy atom. The summed E-state index contributed by atoms with van der Waals surface area (Å²) < 4.78 is 0. The zero-order valence-electron chi connectivity index (χ0n) is 10.4. The number of hydrogen-bond acceptors (Lipinski definition) is 1. The van der Waals surface area contributed by atoms with Gasteiger partial charge >= 0.3 is 0 Å². The molecule has 1 amide bonds. The zero-order valence-corrected chi connectivity index (χ0v) is 12.0. The van der Waals surface area contributed by atoms with Gasteiger partial charge < -0.3 is 4.90 Å². The van der Waals surface area contributed by atoms with E-state index in [1.807, 2.05) is 4.90 Å². The monoisotopic (exact) mass is 289 g/mol. The predicted octanol–water partition coefficient (Wildman–Crippen LogP) is 3.59. The highest BCUT2D eigenvalue weighted by atomic mass is 79.9. The van der Waals surface area contributed by atoms with Crippen molar-refractivity contribution in [2.45, 2.75) is 51.9 Å². The number of hydrogen-bond donors (Lipinski definition) is 0. The van der Waals surface area contributed by atoms with Gasteiger partial charge in [0.1, 0.15) is 0 Å². The van der Waals surface area contributed by atoms with E-state index in [-0.39, 0.29) is 0 Å². The fraction of sp³-hybridized carbons (Fsp3) is 0.923. The first-order chi connectivity index (χ1) is 7.77. The largest absolute Gasteiger partial charge is 0.342 e. The van der Waals surface area contributed by atoms with Gasteiger partial charge in [-0.05, 0) is 25.2 Å². The van der Waals surface area contributed by atoms with Crippen LogP contribution in [0.2, 0.25) is 0 Å². The molecule has 0 bridgehead atoms. The maximum atomic E-state index is 12.1. The van der Waals surface area contributed by atoms with E-state index in [0.717, 1.165) is 31.3 Å². The van der Waals surface area contributed by atoms with Gasteiger partial charge in [0.2, 0.25) is 5.91 Å². The minimum Gasteiger partial charge on any atom is -0.342 e. The van der Waals surface area contributed by atoms with Gasteiger partial charge in [0, 0.05) is 24.8 Å². The number of carbonyl (C=O) groups is 1. The molecule has 0 N–H and O–H groups in total. The number of alkyl halides is 1. The van der Waals surface area contributed by atoms with Crippen LogP contribution < -0.4 is 0 Å². The first-order valence-corrected chi connectivity index (χ1v) is 7.73. The van der Waals surface area contributed by atoms with Crippen LogP contribution in [0.25, 0.3) is 0 Å². The highest BCUT2D eigenvalue weighted by molar-refractivity contribution is 9.09. The third kappa shape index (κ3) is 4.86. The van der Waals surface area contributed by atoms with Gasteiger partial charge in [-0.1, -0.05) is 42.1 Å². The van der Waals surface area contributed by atoms with Gasteiger partial charge in [-0.25, -0.2) is 0 Å². The Balaban J connectivity index is 2.34. The molecule has 0 saturated heterocycles. The summed E-state index contributed by atoms with van der Waals surface area (Å²) in [7, 11) is 0. The van der Waals surface area contributed by atoms with Crippen LogP contribution in [0.5, 0.6) is 0 Å². The summed E-state index contributed by atoms with van der Waals surface area (Å²) in [5, 5.41) is 0.892. The molecule has 1 aliphatic carbocycles. The van der Waals surface area contributed by atoms with E-state index < -0.39 is 0 Å². The molecule has 0 radical (unpaired) electrons. The van der Waals surface area contributed by atoms with Crippen LogP contribution in [-0.4, -0.2) is 29.2 Å². The van der Waals surface area contributed by atoms with Crippen molar-refractivity contribution < 1.29 is 4.79 Å². The minimum absolute atomic E-state index is 0.369. The lowest BCUT2D eigenvalue weighted by Crippen LogP contribution is -2.34. The molecule has 2 nitrogen and oxygen atoms in total. The standard InChI is InChI=1S/C13H24BrNO/c1-2-9-15(10-8-14)13(16)11-12-6-4-3-5-7-12/h12H,2-11H2,1H3. The van der Waals surface area contributed by atoms with E-state index in [4.69, 9.17) is 0 Å². The molecule has 0 atom stereocenters. The molecule has 94 valence electrons. The van der Waals surface area contributed by atoms with Crippen molar-refractivity contribution in [3.63, 3.8) is 0 Å². The Morgan fingerprint density at radius 3 is 2.50 bits per heavy atom. The molecule has 0 heterocycles. The molecule has 1 saturated carbocycles. The van der Waals surface area contributed by atoms with Crippen LogP contribution in [0, 0.1) is 5.92 Å².